The second-order valence-electron chi connectivity index (χ2n) is 25.7. The van der Waals surface area contributed by atoms with E-state index < -0.39 is 0 Å². The predicted molar refractivity (Wildman–Crippen MR) is 397 cm³/mol. The number of hydrogen-bond acceptors (Lipinski definition) is 0. The summed E-state index contributed by atoms with van der Waals surface area (Å²) < 4.78 is 7.01. The van der Waals surface area contributed by atoms with Gasteiger partial charge in [0, 0.05) is 184 Å². The van der Waals surface area contributed by atoms with E-state index in [1.54, 1.807) is 0 Å². The molecule has 3 radical (unpaired) electrons. The van der Waals surface area contributed by atoms with Crippen LogP contribution in [0.25, 0.3) is 175 Å². The largest absolute Gasteiger partial charge is 0.343 e. The molecule has 1 aliphatic carbocycles. The zero-order chi connectivity index (χ0) is 62.2. The molecule has 0 bridgehead atoms. The van der Waals surface area contributed by atoms with Crippen molar-refractivity contribution in [2.45, 2.75) is 19.3 Å². The maximum absolute atomic E-state index is 3.63. The number of aromatic nitrogens is 3. The van der Waals surface area contributed by atoms with Crippen LogP contribution in [-0.4, -0.2) is 13.7 Å². The van der Waals surface area contributed by atoms with Crippen LogP contribution in [0.15, 0.2) is 285 Å². The van der Waals surface area contributed by atoms with Gasteiger partial charge in [0.05, 0.1) is 16.6 Å². The monoisotopic (exact) mass is 1450 g/mol. The minimum Gasteiger partial charge on any atom is -0.343 e. The van der Waals surface area contributed by atoms with E-state index in [0.717, 1.165) is 16.2 Å². The van der Waals surface area contributed by atoms with Crippen molar-refractivity contribution in [1.82, 2.24) is 13.7 Å². The number of aryl methyl sites for hydroxylation is 3. The maximum Gasteiger partial charge on any atom is 0.0568 e. The molecule has 0 amide bonds. The number of nitrogens with zero attached hydrogens (tertiary/aromatic N) is 3. The Morgan fingerprint density at radius 3 is 1.17 bits per heavy atom. The van der Waals surface area contributed by atoms with Gasteiger partial charge in [0.2, 0.25) is 0 Å². The Labute approximate surface area is 634 Å². The van der Waals surface area contributed by atoms with Gasteiger partial charge in [-0.1, -0.05) is 230 Å². The van der Waals surface area contributed by atoms with Gasteiger partial charge in [-0.25, -0.2) is 0 Å². The van der Waals surface area contributed by atoms with Crippen molar-refractivity contribution in [3.05, 3.63) is 314 Å². The van der Waals surface area contributed by atoms with Crippen molar-refractivity contribution in [2.24, 2.45) is 21.1 Å². The van der Waals surface area contributed by atoms with Gasteiger partial charge in [-0.15, -0.1) is 81.2 Å². The molecule has 1 aliphatic rings. The molecule has 20 rings (SSSR count). The van der Waals surface area contributed by atoms with Gasteiger partial charge in [0.1, 0.15) is 0 Å². The van der Waals surface area contributed by atoms with Crippen LogP contribution in [-0.2, 0) is 125 Å². The van der Waals surface area contributed by atoms with E-state index in [1.165, 1.54) is 170 Å². The van der Waals surface area contributed by atoms with Crippen LogP contribution in [0.4, 0.5) is 0 Å². The summed E-state index contributed by atoms with van der Waals surface area (Å²) in [6.45, 7) is 4.67. The Bertz CT molecular complexity index is 6280. The predicted octanol–water partition coefficient (Wildman–Crippen LogP) is 23.6. The molecule has 0 aliphatic heterocycles. The van der Waals surface area contributed by atoms with Gasteiger partial charge in [-0.05, 0) is 91.4 Å². The second-order valence-corrected chi connectivity index (χ2v) is 25.7. The van der Waals surface area contributed by atoms with Crippen LogP contribution < -0.4 is 0 Å². The minimum atomic E-state index is -0.0300. The first kappa shape index (κ1) is 63.8. The average Bonchev–Trinajstić information content (AvgIpc) is 1.50. The molecular formula is C90H62N3Y3-3. The first-order valence-corrected chi connectivity index (χ1v) is 32.2. The molecule has 19 aromatic rings. The van der Waals surface area contributed by atoms with Gasteiger partial charge in [0.15, 0.2) is 0 Å². The molecule has 0 fully saturated rings. The summed E-state index contributed by atoms with van der Waals surface area (Å²) in [4.78, 5) is 0. The normalized spacial score (nSPS) is 12.3. The molecule has 0 spiro atoms. The van der Waals surface area contributed by atoms with Crippen molar-refractivity contribution in [3.8, 4) is 44.5 Å². The number of benzene rings is 16. The van der Waals surface area contributed by atoms with Gasteiger partial charge in [-0.3, -0.25) is 0 Å². The van der Waals surface area contributed by atoms with Gasteiger partial charge >= 0.3 is 0 Å². The summed E-state index contributed by atoms with van der Waals surface area (Å²) in [5.41, 5.74) is 20.8. The van der Waals surface area contributed by atoms with Crippen molar-refractivity contribution in [2.75, 3.05) is 0 Å². The minimum absolute atomic E-state index is 0. The molecule has 0 unspecified atom stereocenters. The summed E-state index contributed by atoms with van der Waals surface area (Å²) in [5.74, 6) is 0. The third kappa shape index (κ3) is 9.97. The zero-order valence-corrected chi connectivity index (χ0v) is 62.7. The van der Waals surface area contributed by atoms with E-state index >= 15 is 0 Å². The Morgan fingerprint density at radius 2 is 0.656 bits per heavy atom. The van der Waals surface area contributed by atoms with Gasteiger partial charge < -0.3 is 13.7 Å². The molecule has 96 heavy (non-hydrogen) atoms. The SMILES string of the molecule is Cn1c2ccccc2c2cc(-c3c4ccccc4[c-]c4ccccc34)c3ccccc3c21.Cn1c2ccccc2c2cc(-c3cc[c-]c4ccccc34)c3ccccc3c21.Cn1c2ccccc2c2cc(-c3ccc4c(c3)C(C)(C)c3c[c-]ccc3-4)c3ccccc3c21.[Y].[Y].[Y]. The van der Waals surface area contributed by atoms with Crippen LogP contribution in [0.1, 0.15) is 25.0 Å². The Morgan fingerprint density at radius 1 is 0.281 bits per heavy atom. The van der Waals surface area contributed by atoms with Crippen molar-refractivity contribution in [1.29, 1.82) is 0 Å². The van der Waals surface area contributed by atoms with Crippen LogP contribution in [0.3, 0.4) is 0 Å². The molecule has 3 nitrogen and oxygen atoms in total. The fraction of sp³-hybridized carbons (Fsp3) is 0.0667. The first-order valence-electron chi connectivity index (χ1n) is 32.2. The van der Waals surface area contributed by atoms with Crippen molar-refractivity contribution < 1.29 is 98.1 Å². The quantitative estimate of drug-likeness (QED) is 0.124. The van der Waals surface area contributed by atoms with Crippen LogP contribution in [0.5, 0.6) is 0 Å². The summed E-state index contributed by atoms with van der Waals surface area (Å²) in [6, 6.07) is 114. The van der Waals surface area contributed by atoms with Gasteiger partial charge in [-0.2, -0.15) is 24.3 Å². The molecule has 0 atom stereocenters. The molecule has 3 heterocycles. The van der Waals surface area contributed by atoms with E-state index in [9.17, 15) is 0 Å². The summed E-state index contributed by atoms with van der Waals surface area (Å²) >= 11 is 0. The standard InChI is InChI=1S/C32H24N.C31H20N.C27H18N.3Y/c1-32(2)28-14-8-6-11-22(28)23-17-16-20(18-29(23)32)26-19-27-24-12-7-9-15-30(24)33(3)31(27)25-13-5-4-10-21(25)26;1-32-29-17-9-8-15-25(29)28-19-27(24-14-6-7-16-26(24)31(28)32)30-22-12-4-2-10-20(22)18-21-11-3-5-13-23(21)30;1-28-26-16-7-6-13-22(26)25-17-24(21-12-4-5-14-23(21)27(25)28)20-15-8-10-18-9-2-3-11-19(18)20;;;/h4-7,9-19H,1-3H3;2-17,19H,1H3;2-9,11-17H,1H3;;;/q3*-1;;;. The Hall–Kier alpha value is -8.21. The second kappa shape index (κ2) is 25.3. The molecule has 449 valence electrons. The number of para-hydroxylation sites is 3. The topological polar surface area (TPSA) is 14.8 Å². The average molecular weight is 1450 g/mol. The summed E-state index contributed by atoms with van der Waals surface area (Å²) in [6.07, 6.45) is 0. The van der Waals surface area contributed by atoms with E-state index in [0.29, 0.717) is 0 Å². The molecule has 0 N–H and O–H groups in total. The van der Waals surface area contributed by atoms with E-state index in [-0.39, 0.29) is 104 Å². The molecule has 16 aromatic carbocycles. The van der Waals surface area contributed by atoms with Gasteiger partial charge in [0.25, 0.3) is 0 Å². The van der Waals surface area contributed by atoms with Crippen molar-refractivity contribution >= 4 is 130 Å². The fourth-order valence-electron chi connectivity index (χ4n) is 16.2. The smallest absolute Gasteiger partial charge is 0.0568 e. The molecular weight excluding hydrogens is 1390 g/mol. The number of rotatable bonds is 3. The molecule has 0 saturated carbocycles. The Kier molecular flexibility index (Phi) is 16.8. The number of hydrogen-bond donors (Lipinski definition) is 0. The van der Waals surface area contributed by atoms with Crippen LogP contribution in [0, 0.1) is 18.2 Å². The van der Waals surface area contributed by atoms with Crippen LogP contribution in [0.2, 0.25) is 0 Å². The maximum atomic E-state index is 3.63. The fourth-order valence-corrected chi connectivity index (χ4v) is 16.2. The first-order chi connectivity index (χ1) is 45.7. The van der Waals surface area contributed by atoms with Crippen LogP contribution >= 0.6 is 0 Å². The zero-order valence-electron chi connectivity index (χ0n) is 54.2. The third-order valence-electron chi connectivity index (χ3n) is 20.5. The third-order valence-corrected chi connectivity index (χ3v) is 20.5. The molecule has 6 heteroatoms. The summed E-state index contributed by atoms with van der Waals surface area (Å²) in [7, 11) is 6.53. The summed E-state index contributed by atoms with van der Waals surface area (Å²) in [5, 5.41) is 22.8. The van der Waals surface area contributed by atoms with Crippen molar-refractivity contribution in [3.63, 3.8) is 0 Å². The van der Waals surface area contributed by atoms with E-state index in [2.05, 4.69) is 340 Å². The molecule has 3 aromatic heterocycles. The number of fused-ring (bicyclic) bond motifs is 21. The molecule has 0 saturated heterocycles. The Balaban J connectivity index is 0.000000117. The van der Waals surface area contributed by atoms with E-state index in [1.807, 2.05) is 12.1 Å². The van der Waals surface area contributed by atoms with E-state index in [4.69, 9.17) is 0 Å².